The van der Waals surface area contributed by atoms with Gasteiger partial charge in [-0.05, 0) is 18.5 Å². The zero-order valence-corrected chi connectivity index (χ0v) is 7.65. The van der Waals surface area contributed by atoms with Gasteiger partial charge in [0.1, 0.15) is 0 Å². The summed E-state index contributed by atoms with van der Waals surface area (Å²) in [6.45, 7) is 1.82. The van der Waals surface area contributed by atoms with Crippen LogP contribution in [0.15, 0.2) is 16.7 Å². The lowest BCUT2D eigenvalue weighted by molar-refractivity contribution is -0.903. The average Bonchev–Trinajstić information content (AvgIpc) is 1.93. The van der Waals surface area contributed by atoms with Crippen molar-refractivity contribution in [2.24, 2.45) is 0 Å². The van der Waals surface area contributed by atoms with Gasteiger partial charge in [0.05, 0.1) is 5.56 Å². The highest BCUT2D eigenvalue weighted by molar-refractivity contribution is 9.10. The molecular formula is C6H6BrClNO+. The third kappa shape index (κ3) is 1.25. The second kappa shape index (κ2) is 2.76. The lowest BCUT2D eigenvalue weighted by Gasteiger charge is -1.93. The molecule has 0 bridgehead atoms. The number of halogens is 2. The van der Waals surface area contributed by atoms with Crippen molar-refractivity contribution in [1.29, 1.82) is 0 Å². The van der Waals surface area contributed by atoms with E-state index < -0.39 is 0 Å². The fourth-order valence-electron chi connectivity index (χ4n) is 0.597. The van der Waals surface area contributed by atoms with E-state index in [9.17, 15) is 0 Å². The monoisotopic (exact) mass is 222 g/mol. The fourth-order valence-corrected chi connectivity index (χ4v) is 1.18. The number of rotatable bonds is 0. The highest BCUT2D eigenvalue weighted by Crippen LogP contribution is 2.18. The molecule has 0 radical (unpaired) electrons. The van der Waals surface area contributed by atoms with Gasteiger partial charge in [-0.15, -0.1) is 0 Å². The summed E-state index contributed by atoms with van der Waals surface area (Å²) in [7, 11) is 0. The van der Waals surface area contributed by atoms with Crippen molar-refractivity contribution < 1.29 is 9.94 Å². The summed E-state index contributed by atoms with van der Waals surface area (Å²) in [5.74, 6) is 0. The summed E-state index contributed by atoms with van der Waals surface area (Å²) in [6.07, 6.45) is 1.47. The highest BCUT2D eigenvalue weighted by Gasteiger charge is 2.12. The first-order chi connectivity index (χ1) is 4.63. The number of aromatic nitrogens is 1. The first-order valence-electron chi connectivity index (χ1n) is 2.68. The van der Waals surface area contributed by atoms with Gasteiger partial charge in [-0.25, -0.2) is 0 Å². The normalized spacial score (nSPS) is 9.90. The van der Waals surface area contributed by atoms with E-state index in [4.69, 9.17) is 16.8 Å². The molecule has 0 atom stereocenters. The number of nitrogens with zero attached hydrogens (tertiary/aromatic N) is 1. The predicted molar refractivity (Wildman–Crippen MR) is 41.3 cm³/mol. The molecule has 0 aliphatic rings. The van der Waals surface area contributed by atoms with Crippen LogP contribution in [0.1, 0.15) is 5.56 Å². The van der Waals surface area contributed by atoms with Gasteiger partial charge in [-0.3, -0.25) is 5.21 Å². The van der Waals surface area contributed by atoms with Crippen LogP contribution in [-0.4, -0.2) is 5.21 Å². The summed E-state index contributed by atoms with van der Waals surface area (Å²) < 4.78 is 1.77. The van der Waals surface area contributed by atoms with Crippen LogP contribution in [-0.2, 0) is 0 Å². The second-order valence-electron chi connectivity index (χ2n) is 1.92. The lowest BCUT2D eigenvalue weighted by Crippen LogP contribution is -2.31. The van der Waals surface area contributed by atoms with Crippen LogP contribution in [0.2, 0.25) is 5.15 Å². The minimum absolute atomic E-state index is 0.328. The van der Waals surface area contributed by atoms with E-state index in [0.717, 1.165) is 14.8 Å². The number of hydrogen-bond donors (Lipinski definition) is 1. The quantitative estimate of drug-likeness (QED) is 0.406. The molecular weight excluding hydrogens is 217 g/mol. The standard InChI is InChI=1S/C6H6BrClNO/c1-4-5(7)2-3-9(10)6(4)8/h2-3,10H,1H3/q+1. The smallest absolute Gasteiger partial charge is 0.284 e. The largest absolute Gasteiger partial charge is 0.329 e. The molecule has 1 heterocycles. The van der Waals surface area contributed by atoms with Gasteiger partial charge in [0.25, 0.3) is 0 Å². The highest BCUT2D eigenvalue weighted by atomic mass is 79.9. The third-order valence-electron chi connectivity index (χ3n) is 1.23. The van der Waals surface area contributed by atoms with E-state index in [1.54, 1.807) is 6.07 Å². The molecule has 1 rings (SSSR count). The Bertz CT molecular complexity index is 237. The molecule has 0 aromatic carbocycles. The van der Waals surface area contributed by atoms with Crippen LogP contribution in [0.3, 0.4) is 0 Å². The zero-order chi connectivity index (χ0) is 7.72. The van der Waals surface area contributed by atoms with Gasteiger partial charge in [-0.1, -0.05) is 15.9 Å². The topological polar surface area (TPSA) is 24.1 Å². The number of pyridine rings is 1. The second-order valence-corrected chi connectivity index (χ2v) is 3.14. The van der Waals surface area contributed by atoms with Gasteiger partial charge in [0.15, 0.2) is 0 Å². The molecule has 0 aliphatic carbocycles. The predicted octanol–water partition coefficient (Wildman–Crippen LogP) is 1.94. The molecule has 0 saturated carbocycles. The summed E-state index contributed by atoms with van der Waals surface area (Å²) in [6, 6.07) is 1.72. The van der Waals surface area contributed by atoms with Gasteiger partial charge in [-0.2, -0.15) is 0 Å². The molecule has 1 N–H and O–H groups in total. The fraction of sp³-hybridized carbons (Fsp3) is 0.167. The first kappa shape index (κ1) is 7.82. The Hall–Kier alpha value is -0.280. The van der Waals surface area contributed by atoms with Gasteiger partial charge < -0.3 is 0 Å². The molecule has 1 aromatic rings. The molecule has 1 aromatic heterocycles. The van der Waals surface area contributed by atoms with Gasteiger partial charge >= 0.3 is 5.15 Å². The van der Waals surface area contributed by atoms with Crippen molar-refractivity contribution in [2.45, 2.75) is 6.92 Å². The molecule has 0 saturated heterocycles. The van der Waals surface area contributed by atoms with Crippen LogP contribution in [0.5, 0.6) is 0 Å². The van der Waals surface area contributed by atoms with Crippen LogP contribution >= 0.6 is 27.5 Å². The lowest BCUT2D eigenvalue weighted by atomic mass is 10.3. The van der Waals surface area contributed by atoms with Crippen LogP contribution < -0.4 is 4.73 Å². The summed E-state index contributed by atoms with van der Waals surface area (Å²) in [5.41, 5.74) is 0.826. The average molecular weight is 223 g/mol. The van der Waals surface area contributed by atoms with Crippen molar-refractivity contribution in [3.8, 4) is 0 Å². The van der Waals surface area contributed by atoms with E-state index in [-0.39, 0.29) is 0 Å². The maximum atomic E-state index is 8.99. The Labute approximate surface area is 72.1 Å². The molecule has 0 aliphatic heterocycles. The minimum atomic E-state index is 0.328. The molecule has 0 unspecified atom stereocenters. The van der Waals surface area contributed by atoms with Gasteiger partial charge in [0, 0.05) is 15.3 Å². The van der Waals surface area contributed by atoms with E-state index in [1.807, 2.05) is 6.92 Å². The van der Waals surface area contributed by atoms with E-state index in [0.29, 0.717) is 5.15 Å². The zero-order valence-electron chi connectivity index (χ0n) is 5.31. The molecule has 2 nitrogen and oxygen atoms in total. The van der Waals surface area contributed by atoms with Crippen molar-refractivity contribution in [3.63, 3.8) is 0 Å². The van der Waals surface area contributed by atoms with Crippen molar-refractivity contribution >= 4 is 27.5 Å². The van der Waals surface area contributed by atoms with E-state index in [1.165, 1.54) is 6.20 Å². The Morgan fingerprint density at radius 1 is 1.70 bits per heavy atom. The molecule has 0 amide bonds. The maximum absolute atomic E-state index is 8.99. The van der Waals surface area contributed by atoms with Crippen LogP contribution in [0.4, 0.5) is 0 Å². The molecule has 10 heavy (non-hydrogen) atoms. The van der Waals surface area contributed by atoms with Crippen LogP contribution in [0, 0.1) is 6.92 Å². The number of hydrogen-bond acceptors (Lipinski definition) is 1. The van der Waals surface area contributed by atoms with Crippen molar-refractivity contribution in [1.82, 2.24) is 0 Å². The van der Waals surface area contributed by atoms with Gasteiger partial charge in [0.2, 0.25) is 6.20 Å². The molecule has 0 fully saturated rings. The first-order valence-corrected chi connectivity index (χ1v) is 3.85. The Kier molecular flexibility index (Phi) is 2.16. The molecule has 4 heteroatoms. The molecule has 54 valence electrons. The summed E-state index contributed by atoms with van der Waals surface area (Å²) >= 11 is 8.94. The SMILES string of the molecule is Cc1c(Br)cc[n+](O)c1Cl. The Morgan fingerprint density at radius 2 is 2.30 bits per heavy atom. The van der Waals surface area contributed by atoms with E-state index in [2.05, 4.69) is 15.9 Å². The summed E-state index contributed by atoms with van der Waals surface area (Å²) in [4.78, 5) is 0. The van der Waals surface area contributed by atoms with E-state index >= 15 is 0 Å². The Balaban J connectivity index is 3.34. The maximum Gasteiger partial charge on any atom is 0.329 e. The van der Waals surface area contributed by atoms with Crippen LogP contribution in [0.25, 0.3) is 0 Å². The van der Waals surface area contributed by atoms with Crippen molar-refractivity contribution in [3.05, 3.63) is 27.5 Å². The molecule has 0 spiro atoms. The summed E-state index contributed by atoms with van der Waals surface area (Å²) in [5, 5.41) is 9.32. The van der Waals surface area contributed by atoms with Crippen molar-refractivity contribution in [2.75, 3.05) is 0 Å². The minimum Gasteiger partial charge on any atom is -0.284 e. The Morgan fingerprint density at radius 3 is 2.80 bits per heavy atom. The third-order valence-corrected chi connectivity index (χ3v) is 2.55.